The number of benzene rings is 1. The number of hydrogen-bond donors (Lipinski definition) is 1. The Morgan fingerprint density at radius 2 is 2.27 bits per heavy atom. The summed E-state index contributed by atoms with van der Waals surface area (Å²) in [4.78, 5) is 6.99. The Kier molecular flexibility index (Phi) is 5.87. The van der Waals surface area contributed by atoms with Crippen molar-refractivity contribution in [3.05, 3.63) is 41.2 Å². The number of oxazole rings is 1. The SMILES string of the molecule is CC1CC(CN)CN1Cc1coc(-c2cccc(Cl)c2)n1.Cl. The van der Waals surface area contributed by atoms with Gasteiger partial charge in [-0.25, -0.2) is 4.98 Å². The third-order valence-electron chi connectivity index (χ3n) is 4.11. The summed E-state index contributed by atoms with van der Waals surface area (Å²) in [6.45, 7) is 4.85. The van der Waals surface area contributed by atoms with Gasteiger partial charge < -0.3 is 10.2 Å². The number of rotatable bonds is 4. The molecule has 1 aromatic carbocycles. The minimum absolute atomic E-state index is 0. The van der Waals surface area contributed by atoms with Crippen LogP contribution in [0, 0.1) is 5.92 Å². The van der Waals surface area contributed by atoms with Crippen LogP contribution in [0.15, 0.2) is 34.9 Å². The summed E-state index contributed by atoms with van der Waals surface area (Å²) in [6.07, 6.45) is 2.90. The Balaban J connectivity index is 0.00000176. The fraction of sp³-hybridized carbons (Fsp3) is 0.438. The molecule has 0 spiro atoms. The maximum absolute atomic E-state index is 6.00. The third kappa shape index (κ3) is 3.82. The summed E-state index contributed by atoms with van der Waals surface area (Å²) in [5.41, 5.74) is 7.63. The van der Waals surface area contributed by atoms with E-state index in [4.69, 9.17) is 21.8 Å². The zero-order chi connectivity index (χ0) is 14.8. The van der Waals surface area contributed by atoms with Crippen LogP contribution in [-0.4, -0.2) is 29.0 Å². The smallest absolute Gasteiger partial charge is 0.226 e. The van der Waals surface area contributed by atoms with E-state index in [1.54, 1.807) is 6.26 Å². The van der Waals surface area contributed by atoms with E-state index in [0.717, 1.165) is 37.3 Å². The minimum atomic E-state index is 0. The minimum Gasteiger partial charge on any atom is -0.444 e. The highest BCUT2D eigenvalue weighted by Gasteiger charge is 2.28. The Labute approximate surface area is 142 Å². The fourth-order valence-corrected chi connectivity index (χ4v) is 3.14. The highest BCUT2D eigenvalue weighted by molar-refractivity contribution is 6.30. The van der Waals surface area contributed by atoms with Gasteiger partial charge >= 0.3 is 0 Å². The van der Waals surface area contributed by atoms with Crippen molar-refractivity contribution in [2.24, 2.45) is 11.7 Å². The summed E-state index contributed by atoms with van der Waals surface area (Å²) in [7, 11) is 0. The van der Waals surface area contributed by atoms with Crippen molar-refractivity contribution in [3.8, 4) is 11.5 Å². The molecule has 2 heterocycles. The molecule has 22 heavy (non-hydrogen) atoms. The molecule has 4 nitrogen and oxygen atoms in total. The molecular weight excluding hydrogens is 321 g/mol. The van der Waals surface area contributed by atoms with Crippen molar-refractivity contribution < 1.29 is 4.42 Å². The number of nitrogens with two attached hydrogens (primary N) is 1. The van der Waals surface area contributed by atoms with E-state index in [-0.39, 0.29) is 12.4 Å². The van der Waals surface area contributed by atoms with Crippen molar-refractivity contribution in [2.45, 2.75) is 25.9 Å². The van der Waals surface area contributed by atoms with Gasteiger partial charge in [0.05, 0.1) is 5.69 Å². The van der Waals surface area contributed by atoms with Crippen LogP contribution >= 0.6 is 24.0 Å². The van der Waals surface area contributed by atoms with Crippen molar-refractivity contribution in [3.63, 3.8) is 0 Å². The Bertz CT molecular complexity index is 617. The van der Waals surface area contributed by atoms with Crippen molar-refractivity contribution in [2.75, 3.05) is 13.1 Å². The van der Waals surface area contributed by atoms with Gasteiger partial charge in [-0.1, -0.05) is 17.7 Å². The van der Waals surface area contributed by atoms with Gasteiger partial charge in [0.2, 0.25) is 5.89 Å². The highest BCUT2D eigenvalue weighted by Crippen LogP contribution is 2.26. The lowest BCUT2D eigenvalue weighted by Crippen LogP contribution is -2.27. The predicted molar refractivity (Wildman–Crippen MR) is 91.2 cm³/mol. The van der Waals surface area contributed by atoms with E-state index in [1.165, 1.54) is 0 Å². The zero-order valence-corrected chi connectivity index (χ0v) is 14.1. The first-order chi connectivity index (χ1) is 10.2. The predicted octanol–water partition coefficient (Wildman–Crippen LogP) is 3.59. The number of nitrogens with zero attached hydrogens (tertiary/aromatic N) is 2. The molecular formula is C16H21Cl2N3O. The third-order valence-corrected chi connectivity index (χ3v) is 4.35. The van der Waals surface area contributed by atoms with Crippen LogP contribution in [0.25, 0.3) is 11.5 Å². The average Bonchev–Trinajstić information content (AvgIpc) is 3.07. The Hall–Kier alpha value is -1.07. The Morgan fingerprint density at radius 3 is 2.95 bits per heavy atom. The van der Waals surface area contributed by atoms with Crippen molar-refractivity contribution in [1.82, 2.24) is 9.88 Å². The second-order valence-corrected chi connectivity index (χ2v) is 6.21. The molecule has 2 unspecified atom stereocenters. The second kappa shape index (κ2) is 7.47. The summed E-state index contributed by atoms with van der Waals surface area (Å²) in [5.74, 6) is 1.22. The normalized spacial score (nSPS) is 21.8. The standard InChI is InChI=1S/C16H20ClN3O.ClH/c1-11-5-12(7-18)8-20(11)9-15-10-21-16(19-15)13-3-2-4-14(17)6-13;/h2-4,6,10-12H,5,7-9,18H2,1H3;1H. The van der Waals surface area contributed by atoms with E-state index in [2.05, 4.69) is 16.8 Å². The summed E-state index contributed by atoms with van der Waals surface area (Å²) < 4.78 is 5.58. The molecule has 1 aliphatic heterocycles. The lowest BCUT2D eigenvalue weighted by Gasteiger charge is -2.19. The van der Waals surface area contributed by atoms with E-state index < -0.39 is 0 Å². The molecule has 0 bridgehead atoms. The first-order valence-corrected chi connectivity index (χ1v) is 7.68. The molecule has 120 valence electrons. The van der Waals surface area contributed by atoms with Crippen molar-refractivity contribution in [1.29, 1.82) is 0 Å². The van der Waals surface area contributed by atoms with Crippen molar-refractivity contribution >= 4 is 24.0 Å². The number of hydrogen-bond acceptors (Lipinski definition) is 4. The lowest BCUT2D eigenvalue weighted by molar-refractivity contribution is 0.252. The fourth-order valence-electron chi connectivity index (χ4n) is 2.95. The van der Waals surface area contributed by atoms with E-state index >= 15 is 0 Å². The van der Waals surface area contributed by atoms with Crippen LogP contribution < -0.4 is 5.73 Å². The maximum atomic E-state index is 6.00. The molecule has 1 saturated heterocycles. The van der Waals surface area contributed by atoms with Gasteiger partial charge in [0.15, 0.2) is 0 Å². The molecule has 0 radical (unpaired) electrons. The van der Waals surface area contributed by atoms with Gasteiger partial charge in [-0.05, 0) is 44.0 Å². The molecule has 0 aliphatic carbocycles. The van der Waals surface area contributed by atoms with Crippen LogP contribution in [-0.2, 0) is 6.54 Å². The first kappa shape index (κ1) is 17.3. The number of likely N-dealkylation sites (tertiary alicyclic amines) is 1. The van der Waals surface area contributed by atoms with Gasteiger partial charge in [-0.3, -0.25) is 4.90 Å². The molecule has 1 aliphatic rings. The largest absolute Gasteiger partial charge is 0.444 e. The van der Waals surface area contributed by atoms with Crippen LogP contribution in [0.5, 0.6) is 0 Å². The van der Waals surface area contributed by atoms with Crippen LogP contribution in [0.1, 0.15) is 19.0 Å². The molecule has 6 heteroatoms. The molecule has 0 amide bonds. The maximum Gasteiger partial charge on any atom is 0.226 e. The van der Waals surface area contributed by atoms with E-state index in [9.17, 15) is 0 Å². The average molecular weight is 342 g/mol. The van der Waals surface area contributed by atoms with E-state index in [1.807, 2.05) is 24.3 Å². The number of aromatic nitrogens is 1. The molecule has 2 N–H and O–H groups in total. The van der Waals surface area contributed by atoms with Crippen LogP contribution in [0.2, 0.25) is 5.02 Å². The molecule has 1 aromatic heterocycles. The first-order valence-electron chi connectivity index (χ1n) is 7.30. The molecule has 2 aromatic rings. The lowest BCUT2D eigenvalue weighted by atomic mass is 10.1. The topological polar surface area (TPSA) is 55.3 Å². The van der Waals surface area contributed by atoms with Gasteiger partial charge in [0.1, 0.15) is 6.26 Å². The number of halogens is 2. The summed E-state index contributed by atoms with van der Waals surface area (Å²) in [6, 6.07) is 8.10. The van der Waals surface area contributed by atoms with Gasteiger partial charge in [-0.15, -0.1) is 12.4 Å². The zero-order valence-electron chi connectivity index (χ0n) is 12.5. The van der Waals surface area contributed by atoms with Gasteiger partial charge in [-0.2, -0.15) is 0 Å². The highest BCUT2D eigenvalue weighted by atomic mass is 35.5. The molecule has 1 fully saturated rings. The van der Waals surface area contributed by atoms with Crippen LogP contribution in [0.4, 0.5) is 0 Å². The quantitative estimate of drug-likeness (QED) is 0.923. The molecule has 2 atom stereocenters. The second-order valence-electron chi connectivity index (χ2n) is 5.77. The van der Waals surface area contributed by atoms with Gasteiger partial charge in [0, 0.05) is 29.7 Å². The summed E-state index contributed by atoms with van der Waals surface area (Å²) >= 11 is 6.00. The molecule has 3 rings (SSSR count). The van der Waals surface area contributed by atoms with E-state index in [0.29, 0.717) is 22.9 Å². The Morgan fingerprint density at radius 1 is 1.45 bits per heavy atom. The summed E-state index contributed by atoms with van der Waals surface area (Å²) in [5, 5.41) is 0.686. The molecule has 0 saturated carbocycles. The monoisotopic (exact) mass is 341 g/mol. The van der Waals surface area contributed by atoms with Gasteiger partial charge in [0.25, 0.3) is 0 Å². The van der Waals surface area contributed by atoms with Crippen LogP contribution in [0.3, 0.4) is 0 Å².